The number of ether oxygens (including phenoxy) is 2. The molecule has 3 rings (SSSR count). The molecule has 0 aliphatic heterocycles. The zero-order valence-corrected chi connectivity index (χ0v) is 18.7. The molecule has 0 spiro atoms. The number of rotatable bonds is 9. The molecule has 1 amide bonds. The van der Waals surface area contributed by atoms with Gasteiger partial charge < -0.3 is 25.8 Å². The Hall–Kier alpha value is -3.07. The van der Waals surface area contributed by atoms with E-state index in [0.29, 0.717) is 31.1 Å². The highest BCUT2D eigenvalue weighted by Crippen LogP contribution is 2.30. The number of nitrogens with one attached hydrogen (secondary N) is 2. The number of nitrogen functional groups attached to an aromatic ring is 1. The van der Waals surface area contributed by atoms with Gasteiger partial charge in [0.2, 0.25) is 0 Å². The van der Waals surface area contributed by atoms with Crippen molar-refractivity contribution < 1.29 is 18.7 Å². The van der Waals surface area contributed by atoms with E-state index in [1.807, 2.05) is 18.2 Å². The van der Waals surface area contributed by atoms with Crippen LogP contribution in [-0.2, 0) is 0 Å². The van der Waals surface area contributed by atoms with Crippen LogP contribution in [0.25, 0.3) is 10.9 Å². The van der Waals surface area contributed by atoms with Gasteiger partial charge in [-0.05, 0) is 50.1 Å². The number of aromatic nitrogens is 1. The highest BCUT2D eigenvalue weighted by molar-refractivity contribution is 9.10. The average molecular weight is 491 g/mol. The van der Waals surface area contributed by atoms with Crippen LogP contribution in [0, 0.1) is 5.82 Å². The maximum absolute atomic E-state index is 13.5. The van der Waals surface area contributed by atoms with Gasteiger partial charge in [0.05, 0.1) is 29.7 Å². The fourth-order valence-corrected chi connectivity index (χ4v) is 3.32. The van der Waals surface area contributed by atoms with Crippen molar-refractivity contribution in [1.29, 1.82) is 0 Å². The zero-order valence-electron chi connectivity index (χ0n) is 17.1. The number of nitrogens with two attached hydrogens (primary N) is 1. The van der Waals surface area contributed by atoms with Crippen molar-refractivity contribution in [3.8, 4) is 11.5 Å². The highest BCUT2D eigenvalue weighted by Gasteiger charge is 2.11. The van der Waals surface area contributed by atoms with Gasteiger partial charge in [0.25, 0.3) is 0 Å². The van der Waals surface area contributed by atoms with Gasteiger partial charge in [-0.15, -0.1) is 0 Å². The summed E-state index contributed by atoms with van der Waals surface area (Å²) in [6.07, 6.45) is 2.53. The Morgan fingerprint density at radius 2 is 2.03 bits per heavy atom. The largest absolute Gasteiger partial charge is 0.490 e. The molecule has 3 aromatic rings. The minimum absolute atomic E-state index is 0.0469. The summed E-state index contributed by atoms with van der Waals surface area (Å²) in [6.45, 7) is 3.24. The minimum atomic E-state index is -0.657. The van der Waals surface area contributed by atoms with Gasteiger partial charge in [0, 0.05) is 29.0 Å². The summed E-state index contributed by atoms with van der Waals surface area (Å²) in [5, 5.41) is 6.82. The van der Waals surface area contributed by atoms with E-state index in [1.54, 1.807) is 13.1 Å². The van der Waals surface area contributed by atoms with Gasteiger partial charge in [-0.1, -0.05) is 15.9 Å². The van der Waals surface area contributed by atoms with Crippen LogP contribution in [-0.4, -0.2) is 30.8 Å². The molecule has 0 fully saturated rings. The summed E-state index contributed by atoms with van der Waals surface area (Å²) in [7, 11) is 0. The second-order valence-electron chi connectivity index (χ2n) is 6.74. The van der Waals surface area contributed by atoms with Crippen molar-refractivity contribution in [1.82, 2.24) is 10.3 Å². The van der Waals surface area contributed by atoms with Crippen molar-refractivity contribution in [2.75, 3.05) is 30.7 Å². The van der Waals surface area contributed by atoms with E-state index >= 15 is 0 Å². The molecule has 1 aromatic heterocycles. The molecule has 9 heteroatoms. The molecule has 31 heavy (non-hydrogen) atoms. The van der Waals surface area contributed by atoms with Crippen molar-refractivity contribution in [2.45, 2.75) is 19.8 Å². The summed E-state index contributed by atoms with van der Waals surface area (Å²) >= 11 is 3.48. The van der Waals surface area contributed by atoms with E-state index in [0.717, 1.165) is 40.0 Å². The number of hydrogen-bond donors (Lipinski definition) is 3. The van der Waals surface area contributed by atoms with Crippen molar-refractivity contribution in [3.63, 3.8) is 0 Å². The number of anilines is 2. The molecule has 0 saturated heterocycles. The fourth-order valence-electron chi connectivity index (χ4n) is 2.96. The van der Waals surface area contributed by atoms with Gasteiger partial charge in [-0.25, -0.2) is 9.18 Å². The predicted molar refractivity (Wildman–Crippen MR) is 123 cm³/mol. The minimum Gasteiger partial charge on any atom is -0.490 e. The number of fused-ring (bicyclic) bond motifs is 1. The number of hydrogen-bond acceptors (Lipinski definition) is 6. The molecule has 164 valence electrons. The SMILES string of the molecule is CCNC(=O)Oc1cc(F)ccc1OCCCCNc1c(N)cnc2ccc(Br)cc12. The highest BCUT2D eigenvalue weighted by atomic mass is 79.9. The molecule has 0 bridgehead atoms. The first-order valence-corrected chi connectivity index (χ1v) is 10.7. The number of carbonyl (C=O) groups is 1. The lowest BCUT2D eigenvalue weighted by atomic mass is 10.1. The second kappa shape index (κ2) is 10.8. The quantitative estimate of drug-likeness (QED) is 0.361. The third kappa shape index (κ3) is 6.21. The maximum Gasteiger partial charge on any atom is 0.412 e. The Kier molecular flexibility index (Phi) is 7.88. The smallest absolute Gasteiger partial charge is 0.412 e. The number of benzene rings is 2. The summed E-state index contributed by atoms with van der Waals surface area (Å²) in [5.74, 6) is -0.148. The van der Waals surface area contributed by atoms with Gasteiger partial charge in [-0.3, -0.25) is 4.98 Å². The number of carbonyl (C=O) groups excluding carboxylic acids is 1. The van der Waals surface area contributed by atoms with Crippen molar-refractivity contribution in [2.24, 2.45) is 0 Å². The normalized spacial score (nSPS) is 10.7. The van der Waals surface area contributed by atoms with Gasteiger partial charge in [-0.2, -0.15) is 0 Å². The van der Waals surface area contributed by atoms with Crippen LogP contribution < -0.4 is 25.8 Å². The molecule has 0 saturated carbocycles. The van der Waals surface area contributed by atoms with E-state index in [4.69, 9.17) is 15.2 Å². The molecule has 0 aliphatic carbocycles. The first kappa shape index (κ1) is 22.6. The van der Waals surface area contributed by atoms with Gasteiger partial charge in [0.15, 0.2) is 11.5 Å². The maximum atomic E-state index is 13.5. The molecule has 7 nitrogen and oxygen atoms in total. The molecule has 4 N–H and O–H groups in total. The lowest BCUT2D eigenvalue weighted by Crippen LogP contribution is -2.26. The molecule has 2 aromatic carbocycles. The molecular weight excluding hydrogens is 467 g/mol. The molecular formula is C22H24BrFN4O3. The lowest BCUT2D eigenvalue weighted by Gasteiger charge is -2.14. The van der Waals surface area contributed by atoms with E-state index in [1.165, 1.54) is 12.1 Å². The van der Waals surface area contributed by atoms with E-state index in [2.05, 4.69) is 31.5 Å². The first-order chi connectivity index (χ1) is 15.0. The number of halogens is 2. The Morgan fingerprint density at radius 1 is 1.19 bits per heavy atom. The van der Waals surface area contributed by atoms with E-state index in [9.17, 15) is 9.18 Å². The number of amides is 1. The standard InChI is InChI=1S/C22H24BrFN4O3/c1-2-26-22(29)31-20-12-15(24)6-8-19(20)30-10-4-3-9-27-21-16-11-14(23)5-7-18(16)28-13-17(21)25/h5-8,11-13H,2-4,9-10,25H2,1H3,(H,26,29)(H,27,28). The monoisotopic (exact) mass is 490 g/mol. The third-order valence-electron chi connectivity index (χ3n) is 4.42. The molecule has 0 atom stereocenters. The number of nitrogens with zero attached hydrogens (tertiary/aromatic N) is 1. The van der Waals surface area contributed by atoms with Crippen LogP contribution in [0.4, 0.5) is 20.6 Å². The lowest BCUT2D eigenvalue weighted by molar-refractivity contribution is 0.197. The van der Waals surface area contributed by atoms with Crippen LogP contribution in [0.1, 0.15) is 19.8 Å². The Morgan fingerprint density at radius 3 is 2.84 bits per heavy atom. The molecule has 0 unspecified atom stereocenters. The van der Waals surface area contributed by atoms with Crippen LogP contribution in [0.3, 0.4) is 0 Å². The summed E-state index contributed by atoms with van der Waals surface area (Å²) in [5.41, 5.74) is 8.40. The first-order valence-electron chi connectivity index (χ1n) is 9.93. The van der Waals surface area contributed by atoms with Crippen molar-refractivity contribution in [3.05, 3.63) is 52.9 Å². The molecule has 0 aliphatic rings. The summed E-state index contributed by atoms with van der Waals surface area (Å²) in [6, 6.07) is 9.68. The van der Waals surface area contributed by atoms with E-state index < -0.39 is 11.9 Å². The van der Waals surface area contributed by atoms with Crippen LogP contribution >= 0.6 is 15.9 Å². The van der Waals surface area contributed by atoms with Crippen molar-refractivity contribution >= 4 is 44.3 Å². The Bertz CT molecular complexity index is 1060. The van der Waals surface area contributed by atoms with Crippen LogP contribution in [0.2, 0.25) is 0 Å². The third-order valence-corrected chi connectivity index (χ3v) is 4.91. The number of unbranched alkanes of at least 4 members (excludes halogenated alkanes) is 1. The second-order valence-corrected chi connectivity index (χ2v) is 7.66. The van der Waals surface area contributed by atoms with Gasteiger partial charge >= 0.3 is 6.09 Å². The topological polar surface area (TPSA) is 98.5 Å². The van der Waals surface area contributed by atoms with Crippen LogP contribution in [0.15, 0.2) is 47.1 Å². The van der Waals surface area contributed by atoms with Crippen LogP contribution in [0.5, 0.6) is 11.5 Å². The summed E-state index contributed by atoms with van der Waals surface area (Å²) in [4.78, 5) is 16.0. The Balaban J connectivity index is 1.52. The van der Waals surface area contributed by atoms with E-state index in [-0.39, 0.29) is 5.75 Å². The molecule has 0 radical (unpaired) electrons. The predicted octanol–water partition coefficient (Wildman–Crippen LogP) is 5.10. The molecule has 1 heterocycles. The fraction of sp³-hybridized carbons (Fsp3) is 0.273. The number of pyridine rings is 1. The summed E-state index contributed by atoms with van der Waals surface area (Å²) < 4.78 is 25.3. The Labute approximate surface area is 188 Å². The van der Waals surface area contributed by atoms with Gasteiger partial charge in [0.1, 0.15) is 5.82 Å². The average Bonchev–Trinajstić information content (AvgIpc) is 2.73. The zero-order chi connectivity index (χ0) is 22.2.